The highest BCUT2D eigenvalue weighted by Gasteiger charge is 2.12. The van der Waals surface area contributed by atoms with Gasteiger partial charge in [0.05, 0.1) is 6.04 Å². The van der Waals surface area contributed by atoms with E-state index >= 15 is 0 Å². The Balaban J connectivity index is 1.82. The summed E-state index contributed by atoms with van der Waals surface area (Å²) in [5.41, 5.74) is 3.48. The lowest BCUT2D eigenvalue weighted by atomic mass is 10.0. The number of carbonyl (C=O) groups excluding carboxylic acids is 1. The van der Waals surface area contributed by atoms with Crippen molar-refractivity contribution in [2.75, 3.05) is 6.54 Å². The van der Waals surface area contributed by atoms with Gasteiger partial charge in [0, 0.05) is 13.0 Å². The molecule has 0 aliphatic rings. The zero-order chi connectivity index (χ0) is 16.1. The first-order valence-corrected chi connectivity index (χ1v) is 7.36. The first-order chi connectivity index (χ1) is 10.5. The van der Waals surface area contributed by atoms with Crippen molar-refractivity contribution in [2.45, 2.75) is 40.2 Å². The first-order valence-electron chi connectivity index (χ1n) is 7.36. The van der Waals surface area contributed by atoms with Gasteiger partial charge >= 0.3 is 6.03 Å². The molecule has 2 amide bonds. The number of rotatable bonds is 5. The van der Waals surface area contributed by atoms with E-state index in [1.54, 1.807) is 6.92 Å². The standard InChI is InChI=1S/C16H22N4O2/c1-10-5-6-11(2)14(9-10)12(3)18-16(21)17-8-7-15-19-13(4)20-22-15/h5-6,9,12H,7-8H2,1-4H3,(H2,17,18,21)/t12-/m1/s1. The number of benzene rings is 1. The van der Waals surface area contributed by atoms with Gasteiger partial charge in [-0.25, -0.2) is 4.79 Å². The van der Waals surface area contributed by atoms with Crippen molar-refractivity contribution in [2.24, 2.45) is 0 Å². The van der Waals surface area contributed by atoms with Crippen molar-refractivity contribution in [3.8, 4) is 0 Å². The van der Waals surface area contributed by atoms with E-state index in [4.69, 9.17) is 4.52 Å². The van der Waals surface area contributed by atoms with Gasteiger partial charge in [0.1, 0.15) is 0 Å². The van der Waals surface area contributed by atoms with Crippen LogP contribution in [0.4, 0.5) is 4.79 Å². The molecule has 1 heterocycles. The third-order valence-electron chi connectivity index (χ3n) is 3.44. The molecule has 1 aromatic heterocycles. The van der Waals surface area contributed by atoms with Gasteiger partial charge in [-0.3, -0.25) is 0 Å². The molecule has 0 radical (unpaired) electrons. The summed E-state index contributed by atoms with van der Waals surface area (Å²) >= 11 is 0. The Labute approximate surface area is 130 Å². The van der Waals surface area contributed by atoms with E-state index in [1.165, 1.54) is 11.1 Å². The maximum Gasteiger partial charge on any atom is 0.315 e. The summed E-state index contributed by atoms with van der Waals surface area (Å²) in [6.45, 7) is 8.28. The van der Waals surface area contributed by atoms with Crippen molar-refractivity contribution < 1.29 is 9.32 Å². The highest BCUT2D eigenvalue weighted by molar-refractivity contribution is 5.74. The predicted molar refractivity (Wildman–Crippen MR) is 83.6 cm³/mol. The summed E-state index contributed by atoms with van der Waals surface area (Å²) in [6, 6.07) is 5.98. The summed E-state index contributed by atoms with van der Waals surface area (Å²) < 4.78 is 4.99. The average Bonchev–Trinajstić information content (AvgIpc) is 2.87. The summed E-state index contributed by atoms with van der Waals surface area (Å²) in [7, 11) is 0. The van der Waals surface area contributed by atoms with Gasteiger partial charge in [-0.2, -0.15) is 4.98 Å². The second kappa shape index (κ2) is 7.06. The summed E-state index contributed by atoms with van der Waals surface area (Å²) in [6.07, 6.45) is 0.520. The topological polar surface area (TPSA) is 80.0 Å². The number of hydrogen-bond donors (Lipinski definition) is 2. The Morgan fingerprint density at radius 2 is 2.09 bits per heavy atom. The molecule has 2 aromatic rings. The molecule has 0 fully saturated rings. The Kier molecular flexibility index (Phi) is 5.14. The molecular formula is C16H22N4O2. The molecule has 22 heavy (non-hydrogen) atoms. The zero-order valence-corrected chi connectivity index (χ0v) is 13.4. The van der Waals surface area contributed by atoms with Crippen LogP contribution in [0.25, 0.3) is 0 Å². The van der Waals surface area contributed by atoms with E-state index in [2.05, 4.69) is 39.0 Å². The van der Waals surface area contributed by atoms with E-state index in [1.807, 2.05) is 20.8 Å². The van der Waals surface area contributed by atoms with E-state index in [0.29, 0.717) is 24.7 Å². The highest BCUT2D eigenvalue weighted by Crippen LogP contribution is 2.18. The van der Waals surface area contributed by atoms with Crippen LogP contribution >= 0.6 is 0 Å². The molecular weight excluding hydrogens is 280 g/mol. The fourth-order valence-corrected chi connectivity index (χ4v) is 2.28. The van der Waals surface area contributed by atoms with E-state index in [0.717, 1.165) is 5.56 Å². The van der Waals surface area contributed by atoms with Crippen LogP contribution in [0.3, 0.4) is 0 Å². The lowest BCUT2D eigenvalue weighted by molar-refractivity contribution is 0.237. The van der Waals surface area contributed by atoms with Gasteiger partial charge in [-0.05, 0) is 38.8 Å². The predicted octanol–water partition coefficient (Wildman–Crippen LogP) is 2.60. The average molecular weight is 302 g/mol. The molecule has 6 heteroatoms. The minimum atomic E-state index is -0.204. The second-order valence-corrected chi connectivity index (χ2v) is 5.47. The van der Waals surface area contributed by atoms with Crippen LogP contribution in [-0.4, -0.2) is 22.7 Å². The van der Waals surface area contributed by atoms with Gasteiger partial charge in [-0.15, -0.1) is 0 Å². The van der Waals surface area contributed by atoms with Gasteiger partial charge in [0.2, 0.25) is 5.89 Å². The van der Waals surface area contributed by atoms with E-state index in [-0.39, 0.29) is 12.1 Å². The lowest BCUT2D eigenvalue weighted by Gasteiger charge is -2.17. The van der Waals surface area contributed by atoms with Crippen molar-refractivity contribution >= 4 is 6.03 Å². The van der Waals surface area contributed by atoms with Crippen molar-refractivity contribution in [1.82, 2.24) is 20.8 Å². The molecule has 0 saturated heterocycles. The van der Waals surface area contributed by atoms with Crippen LogP contribution in [0.15, 0.2) is 22.7 Å². The largest absolute Gasteiger partial charge is 0.339 e. The molecule has 0 unspecified atom stereocenters. The number of urea groups is 1. The smallest absolute Gasteiger partial charge is 0.315 e. The molecule has 0 saturated carbocycles. The summed E-state index contributed by atoms with van der Waals surface area (Å²) in [5, 5.41) is 9.44. The molecule has 1 atom stereocenters. The van der Waals surface area contributed by atoms with E-state index in [9.17, 15) is 4.79 Å². The van der Waals surface area contributed by atoms with Crippen LogP contribution in [-0.2, 0) is 6.42 Å². The molecule has 118 valence electrons. The minimum Gasteiger partial charge on any atom is -0.339 e. The van der Waals surface area contributed by atoms with Gasteiger partial charge in [0.15, 0.2) is 5.82 Å². The molecule has 0 aliphatic heterocycles. The SMILES string of the molecule is Cc1ccc(C)c([C@@H](C)NC(=O)NCCc2nc(C)no2)c1. The lowest BCUT2D eigenvalue weighted by Crippen LogP contribution is -2.38. The number of aryl methyl sites for hydroxylation is 3. The van der Waals surface area contributed by atoms with Crippen molar-refractivity contribution in [1.29, 1.82) is 0 Å². The minimum absolute atomic E-state index is 0.0504. The molecule has 2 rings (SSSR count). The maximum absolute atomic E-state index is 11.9. The molecule has 6 nitrogen and oxygen atoms in total. The molecule has 1 aromatic carbocycles. The third kappa shape index (κ3) is 4.31. The molecule has 0 aliphatic carbocycles. The maximum atomic E-state index is 11.9. The summed E-state index contributed by atoms with van der Waals surface area (Å²) in [5.74, 6) is 1.13. The fraction of sp³-hybridized carbons (Fsp3) is 0.438. The van der Waals surface area contributed by atoms with Crippen molar-refractivity contribution in [3.63, 3.8) is 0 Å². The molecule has 2 N–H and O–H groups in total. The second-order valence-electron chi connectivity index (χ2n) is 5.47. The van der Waals surface area contributed by atoms with Crippen molar-refractivity contribution in [3.05, 3.63) is 46.6 Å². The van der Waals surface area contributed by atoms with Crippen LogP contribution in [0.2, 0.25) is 0 Å². The van der Waals surface area contributed by atoms with Gasteiger partial charge in [-0.1, -0.05) is 28.9 Å². The number of hydrogen-bond acceptors (Lipinski definition) is 4. The summed E-state index contributed by atoms with van der Waals surface area (Å²) in [4.78, 5) is 16.0. The number of carbonyl (C=O) groups is 1. The van der Waals surface area contributed by atoms with Gasteiger partial charge < -0.3 is 15.2 Å². The van der Waals surface area contributed by atoms with Gasteiger partial charge in [0.25, 0.3) is 0 Å². The Bertz CT molecular complexity index is 651. The first kappa shape index (κ1) is 16.0. The Morgan fingerprint density at radius 3 is 2.77 bits per heavy atom. The number of amides is 2. The number of nitrogens with zero attached hydrogens (tertiary/aromatic N) is 2. The third-order valence-corrected chi connectivity index (χ3v) is 3.44. The zero-order valence-electron chi connectivity index (χ0n) is 13.4. The Morgan fingerprint density at radius 1 is 1.32 bits per heavy atom. The Hall–Kier alpha value is -2.37. The van der Waals surface area contributed by atoms with E-state index < -0.39 is 0 Å². The molecule has 0 bridgehead atoms. The normalized spacial score (nSPS) is 12.0. The quantitative estimate of drug-likeness (QED) is 0.889. The monoisotopic (exact) mass is 302 g/mol. The number of aromatic nitrogens is 2. The van der Waals surface area contributed by atoms with Crippen LogP contribution < -0.4 is 10.6 Å². The fourth-order valence-electron chi connectivity index (χ4n) is 2.28. The van der Waals surface area contributed by atoms with Crippen LogP contribution in [0, 0.1) is 20.8 Å². The number of nitrogens with one attached hydrogen (secondary N) is 2. The molecule has 0 spiro atoms. The van der Waals surface area contributed by atoms with Crippen LogP contribution in [0.5, 0.6) is 0 Å². The van der Waals surface area contributed by atoms with Crippen LogP contribution in [0.1, 0.15) is 41.4 Å². The highest BCUT2D eigenvalue weighted by atomic mass is 16.5.